The molecule has 188 valence electrons. The molecule has 1 saturated carbocycles. The summed E-state index contributed by atoms with van der Waals surface area (Å²) in [7, 11) is 1.57. The Bertz CT molecular complexity index is 1170. The lowest BCUT2D eigenvalue weighted by Gasteiger charge is -2.35. The van der Waals surface area contributed by atoms with E-state index in [2.05, 4.69) is 15.3 Å². The summed E-state index contributed by atoms with van der Waals surface area (Å²) in [5.41, 5.74) is 3.24. The van der Waals surface area contributed by atoms with Crippen molar-refractivity contribution < 1.29 is 18.3 Å². The predicted molar refractivity (Wildman–Crippen MR) is 131 cm³/mol. The van der Waals surface area contributed by atoms with Crippen LogP contribution >= 0.6 is 0 Å². The quantitative estimate of drug-likeness (QED) is 0.465. The van der Waals surface area contributed by atoms with Crippen LogP contribution in [0.15, 0.2) is 42.9 Å². The third-order valence-corrected chi connectivity index (χ3v) is 7.09. The van der Waals surface area contributed by atoms with Crippen molar-refractivity contribution in [3.63, 3.8) is 0 Å². The Morgan fingerprint density at radius 1 is 1.31 bits per heavy atom. The number of rotatable bonds is 7. The number of urea groups is 1. The lowest BCUT2D eigenvalue weighted by Crippen LogP contribution is -2.48. The molecule has 0 radical (unpaired) electrons. The molecule has 3 aromatic rings. The second-order valence-electron chi connectivity index (χ2n) is 9.31. The molecule has 0 saturated heterocycles. The fourth-order valence-corrected chi connectivity index (χ4v) is 4.87. The van der Waals surface area contributed by atoms with Crippen molar-refractivity contribution in [3.05, 3.63) is 48.4 Å². The summed E-state index contributed by atoms with van der Waals surface area (Å²) in [6, 6.07) is 7.39. The van der Waals surface area contributed by atoms with Gasteiger partial charge in [-0.25, -0.2) is 23.5 Å². The average molecular weight is 486 g/mol. The number of carbonyl (C=O) groups is 1. The van der Waals surface area contributed by atoms with Crippen LogP contribution in [-0.4, -0.2) is 50.9 Å². The summed E-state index contributed by atoms with van der Waals surface area (Å²) >= 11 is 0. The number of hydrogen-bond acceptors (Lipinski definition) is 4. The van der Waals surface area contributed by atoms with Gasteiger partial charge in [0, 0.05) is 49.6 Å². The van der Waals surface area contributed by atoms with Gasteiger partial charge in [0.2, 0.25) is 5.92 Å². The summed E-state index contributed by atoms with van der Waals surface area (Å²) in [6.45, 7) is 6.35. The molecule has 1 N–H and O–H groups in total. The number of imidazole rings is 1. The smallest absolute Gasteiger partial charge is 0.318 e. The Labute approximate surface area is 204 Å². The Balaban J connectivity index is 1.49. The zero-order valence-electron chi connectivity index (χ0n) is 20.7. The molecule has 1 fully saturated rings. The van der Waals surface area contributed by atoms with Gasteiger partial charge in [-0.1, -0.05) is 18.2 Å². The average Bonchev–Trinajstić information content (AvgIpc) is 3.32. The van der Waals surface area contributed by atoms with Crippen molar-refractivity contribution in [1.29, 1.82) is 0 Å². The lowest BCUT2D eigenvalue weighted by molar-refractivity contribution is -0.0485. The molecule has 1 aliphatic rings. The van der Waals surface area contributed by atoms with Crippen LogP contribution in [0.1, 0.15) is 58.1 Å². The molecule has 0 spiro atoms. The van der Waals surface area contributed by atoms with Gasteiger partial charge in [-0.05, 0) is 51.2 Å². The number of amides is 2. The molecular formula is C26H33F2N5O2. The van der Waals surface area contributed by atoms with Crippen molar-refractivity contribution in [3.8, 4) is 17.1 Å². The summed E-state index contributed by atoms with van der Waals surface area (Å²) in [4.78, 5) is 23.8. The number of benzene rings is 1. The second kappa shape index (κ2) is 10.2. The molecule has 9 heteroatoms. The number of carbonyl (C=O) groups excluding carboxylic acids is 1. The van der Waals surface area contributed by atoms with Gasteiger partial charge in [-0.15, -0.1) is 0 Å². The maximum atomic E-state index is 13.5. The van der Waals surface area contributed by atoms with E-state index in [4.69, 9.17) is 4.74 Å². The molecule has 0 bridgehead atoms. The number of ether oxygens (including phenoxy) is 1. The van der Waals surface area contributed by atoms with E-state index < -0.39 is 5.92 Å². The number of nitrogens with one attached hydrogen (secondary N) is 1. The molecular weight excluding hydrogens is 452 g/mol. The highest BCUT2D eigenvalue weighted by molar-refractivity contribution is 5.75. The molecule has 2 aromatic heterocycles. The SMILES string of the molecule is CCN(C(=O)N[C@H](C)C1CCC(F)(F)CC1)[C@H](C)c1cccc(-c2cn3ccnc3c(OC)n2)c1. The highest BCUT2D eigenvalue weighted by Crippen LogP contribution is 2.37. The number of aromatic nitrogens is 3. The van der Waals surface area contributed by atoms with Crippen LogP contribution in [0.5, 0.6) is 5.88 Å². The first-order valence-corrected chi connectivity index (χ1v) is 12.2. The van der Waals surface area contributed by atoms with E-state index >= 15 is 0 Å². The Morgan fingerprint density at radius 3 is 2.74 bits per heavy atom. The Kier molecular flexibility index (Phi) is 7.23. The van der Waals surface area contributed by atoms with Crippen LogP contribution in [0, 0.1) is 5.92 Å². The highest BCUT2D eigenvalue weighted by atomic mass is 19.3. The van der Waals surface area contributed by atoms with Crippen molar-refractivity contribution in [2.24, 2.45) is 5.92 Å². The first-order valence-electron chi connectivity index (χ1n) is 12.2. The minimum absolute atomic E-state index is 0.0649. The van der Waals surface area contributed by atoms with E-state index in [0.29, 0.717) is 30.9 Å². The van der Waals surface area contributed by atoms with Crippen molar-refractivity contribution in [1.82, 2.24) is 24.6 Å². The lowest BCUT2D eigenvalue weighted by atomic mass is 9.82. The van der Waals surface area contributed by atoms with Crippen LogP contribution < -0.4 is 10.1 Å². The number of hydrogen-bond donors (Lipinski definition) is 1. The Hall–Kier alpha value is -3.23. The molecule has 4 rings (SSSR count). The predicted octanol–water partition coefficient (Wildman–Crippen LogP) is 5.71. The molecule has 2 atom stereocenters. The van der Waals surface area contributed by atoms with Gasteiger partial charge in [-0.2, -0.15) is 0 Å². The number of alkyl halides is 2. The third-order valence-electron chi connectivity index (χ3n) is 7.09. The van der Waals surface area contributed by atoms with Crippen LogP contribution in [0.3, 0.4) is 0 Å². The molecule has 2 heterocycles. The van der Waals surface area contributed by atoms with Gasteiger partial charge >= 0.3 is 6.03 Å². The number of halogens is 2. The van der Waals surface area contributed by atoms with E-state index in [9.17, 15) is 13.6 Å². The number of methoxy groups -OCH3 is 1. The van der Waals surface area contributed by atoms with Crippen LogP contribution in [-0.2, 0) is 0 Å². The van der Waals surface area contributed by atoms with E-state index in [-0.39, 0.29) is 36.9 Å². The van der Waals surface area contributed by atoms with Crippen LogP contribution in [0.2, 0.25) is 0 Å². The van der Waals surface area contributed by atoms with E-state index in [1.165, 1.54) is 0 Å². The monoisotopic (exact) mass is 485 g/mol. The molecule has 1 aromatic carbocycles. The summed E-state index contributed by atoms with van der Waals surface area (Å²) in [6.07, 6.45) is 6.07. The molecule has 0 aliphatic heterocycles. The van der Waals surface area contributed by atoms with Crippen LogP contribution in [0.4, 0.5) is 13.6 Å². The number of fused-ring (bicyclic) bond motifs is 1. The minimum Gasteiger partial charge on any atom is -0.478 e. The van der Waals surface area contributed by atoms with Gasteiger partial charge in [0.15, 0.2) is 5.65 Å². The first kappa shape index (κ1) is 24.9. The van der Waals surface area contributed by atoms with Crippen molar-refractivity contribution in [2.75, 3.05) is 13.7 Å². The van der Waals surface area contributed by atoms with Crippen molar-refractivity contribution in [2.45, 2.75) is 64.5 Å². The topological polar surface area (TPSA) is 71.8 Å². The fourth-order valence-electron chi connectivity index (χ4n) is 4.87. The molecule has 35 heavy (non-hydrogen) atoms. The van der Waals surface area contributed by atoms with Gasteiger partial charge in [-0.3, -0.25) is 0 Å². The molecule has 7 nitrogen and oxygen atoms in total. The van der Waals surface area contributed by atoms with E-state index in [1.807, 2.05) is 61.8 Å². The molecule has 0 unspecified atom stereocenters. The zero-order chi connectivity index (χ0) is 25.2. The van der Waals surface area contributed by atoms with Gasteiger partial charge < -0.3 is 19.4 Å². The molecule has 1 aliphatic carbocycles. The minimum atomic E-state index is -2.57. The van der Waals surface area contributed by atoms with Gasteiger partial charge in [0.1, 0.15) is 0 Å². The normalized spacial score (nSPS) is 17.7. The molecule has 2 amide bonds. The maximum Gasteiger partial charge on any atom is 0.318 e. The highest BCUT2D eigenvalue weighted by Gasteiger charge is 2.37. The standard InChI is InChI=1S/C26H33F2N5O2/c1-5-33(25(34)30-17(2)19-9-11-26(27,28)12-10-19)18(3)20-7-6-8-21(15-20)22-16-32-14-13-29-23(32)24(31-22)35-4/h6-8,13-19H,5,9-12H2,1-4H3,(H,30,34)/t17-,18-/m1/s1. The summed E-state index contributed by atoms with van der Waals surface area (Å²) in [5.74, 6) is -2.07. The first-order chi connectivity index (χ1) is 16.7. The second-order valence-corrected chi connectivity index (χ2v) is 9.31. The fraction of sp³-hybridized carbons (Fsp3) is 0.500. The van der Waals surface area contributed by atoms with Crippen molar-refractivity contribution >= 4 is 11.7 Å². The number of nitrogens with zero attached hydrogens (tertiary/aromatic N) is 4. The maximum absolute atomic E-state index is 13.5. The summed E-state index contributed by atoms with van der Waals surface area (Å²) < 4.78 is 34.3. The van der Waals surface area contributed by atoms with Crippen LogP contribution in [0.25, 0.3) is 16.9 Å². The van der Waals surface area contributed by atoms with Gasteiger partial charge in [0.05, 0.1) is 18.8 Å². The zero-order valence-corrected chi connectivity index (χ0v) is 20.7. The van der Waals surface area contributed by atoms with E-state index in [0.717, 1.165) is 16.8 Å². The Morgan fingerprint density at radius 2 is 2.06 bits per heavy atom. The van der Waals surface area contributed by atoms with Gasteiger partial charge in [0.25, 0.3) is 5.88 Å². The largest absolute Gasteiger partial charge is 0.478 e. The third kappa shape index (κ3) is 5.39. The summed E-state index contributed by atoms with van der Waals surface area (Å²) in [5, 5.41) is 3.06. The van der Waals surface area contributed by atoms with E-state index in [1.54, 1.807) is 18.2 Å².